The minimum absolute atomic E-state index is 0.0414. The number of rotatable bonds is 7. The Balaban J connectivity index is 1.21. The molecule has 0 spiro atoms. The molecule has 33 heavy (non-hydrogen) atoms. The van der Waals surface area contributed by atoms with Crippen LogP contribution in [0, 0.1) is 23.2 Å². The molecule has 4 aliphatic rings. The summed E-state index contributed by atoms with van der Waals surface area (Å²) in [6, 6.07) is 9.05. The molecule has 5 rings (SSSR count). The Hall–Kier alpha value is -2.48. The van der Waals surface area contributed by atoms with Gasteiger partial charge in [0.2, 0.25) is 11.8 Å². The summed E-state index contributed by atoms with van der Waals surface area (Å²) >= 11 is -2.37. The van der Waals surface area contributed by atoms with E-state index in [0.717, 1.165) is 31.4 Å². The highest BCUT2D eigenvalue weighted by Gasteiger charge is 2.55. The second-order valence-corrected chi connectivity index (χ2v) is 10.5. The van der Waals surface area contributed by atoms with Crippen molar-refractivity contribution in [1.29, 1.82) is 5.26 Å². The average Bonchev–Trinajstić information content (AvgIpc) is 3.12. The summed E-state index contributed by atoms with van der Waals surface area (Å²) < 4.78 is 23.9. The fourth-order valence-electron chi connectivity index (χ4n) is 6.06. The maximum absolute atomic E-state index is 13.2. The molecule has 176 valence electrons. The van der Waals surface area contributed by atoms with Crippen molar-refractivity contribution < 1.29 is 18.4 Å². The maximum Gasteiger partial charge on any atom is 0.240 e. The number of hydrogen-bond acceptors (Lipinski definition) is 6. The third kappa shape index (κ3) is 3.92. The number of nitrogens with zero attached hydrogens (tertiary/aromatic N) is 4. The summed E-state index contributed by atoms with van der Waals surface area (Å²) in [6.45, 7) is 5.17. The zero-order valence-electron chi connectivity index (χ0n) is 18.7. The van der Waals surface area contributed by atoms with Crippen molar-refractivity contribution in [2.75, 3.05) is 17.8 Å². The van der Waals surface area contributed by atoms with Gasteiger partial charge < -0.3 is 19.1 Å². The normalized spacial score (nSPS) is 32.9. The van der Waals surface area contributed by atoms with Gasteiger partial charge in [-0.05, 0) is 49.8 Å². The summed E-state index contributed by atoms with van der Waals surface area (Å²) in [5, 5.41) is 9.40. The van der Waals surface area contributed by atoms with Crippen molar-refractivity contribution in [3.8, 4) is 6.07 Å². The number of piperazine rings is 1. The van der Waals surface area contributed by atoms with E-state index in [1.165, 1.54) is 0 Å². The molecule has 2 unspecified atom stereocenters. The molecular weight excluding hydrogens is 442 g/mol. The van der Waals surface area contributed by atoms with Gasteiger partial charge in [0.05, 0.1) is 18.2 Å². The number of nitriles is 1. The molecule has 1 aliphatic carbocycles. The van der Waals surface area contributed by atoms with Gasteiger partial charge in [-0.1, -0.05) is 19.1 Å². The van der Waals surface area contributed by atoms with E-state index < -0.39 is 11.3 Å². The summed E-state index contributed by atoms with van der Waals surface area (Å²) in [4.78, 5) is 32.2. The van der Waals surface area contributed by atoms with Crippen molar-refractivity contribution in [2.45, 2.75) is 63.3 Å². The first kappa shape index (κ1) is 22.3. The first-order valence-corrected chi connectivity index (χ1v) is 12.6. The Labute approximate surface area is 196 Å². The molecule has 1 N–H and O–H groups in total. The molecule has 2 amide bonds. The summed E-state index contributed by atoms with van der Waals surface area (Å²) in [5.74, 6) is 0.377. The van der Waals surface area contributed by atoms with Crippen LogP contribution >= 0.6 is 0 Å². The Bertz CT molecular complexity index is 1030. The smallest absolute Gasteiger partial charge is 0.240 e. The molecule has 3 aliphatic heterocycles. The second-order valence-electron chi connectivity index (χ2n) is 9.83. The number of piperidine rings is 1. The predicted octanol–water partition coefficient (Wildman–Crippen LogP) is 1.39. The lowest BCUT2D eigenvalue weighted by atomic mass is 10.0. The molecule has 0 aromatic heterocycles. The van der Waals surface area contributed by atoms with Gasteiger partial charge in [0.1, 0.15) is 6.04 Å². The third-order valence-electron chi connectivity index (χ3n) is 7.76. The molecule has 3 heterocycles. The van der Waals surface area contributed by atoms with E-state index in [9.17, 15) is 23.6 Å². The minimum Gasteiger partial charge on any atom is -0.755 e. The third-order valence-corrected chi connectivity index (χ3v) is 8.17. The quantitative estimate of drug-likeness (QED) is 0.602. The average molecular weight is 471 g/mol. The van der Waals surface area contributed by atoms with Gasteiger partial charge >= 0.3 is 0 Å². The van der Waals surface area contributed by atoms with Crippen molar-refractivity contribution in [1.82, 2.24) is 14.7 Å². The molecule has 9 nitrogen and oxygen atoms in total. The number of carbonyl (C=O) groups excluding carboxylic acids is 2. The number of carbonyl (C=O) groups is 2. The molecule has 8 atom stereocenters. The molecule has 3 saturated heterocycles. The number of likely N-dealkylation sites (tertiary alicyclic amines) is 3. The number of benzene rings is 1. The molecular formula is C23H28N5O4S-. The number of amides is 2. The van der Waals surface area contributed by atoms with Crippen molar-refractivity contribution in [2.24, 2.45) is 11.8 Å². The van der Waals surface area contributed by atoms with Gasteiger partial charge in [0, 0.05) is 48.0 Å². The highest BCUT2D eigenvalue weighted by molar-refractivity contribution is 7.80. The van der Waals surface area contributed by atoms with Crippen LogP contribution < -0.4 is 4.72 Å². The van der Waals surface area contributed by atoms with Gasteiger partial charge in [-0.25, -0.2) is 0 Å². The summed E-state index contributed by atoms with van der Waals surface area (Å²) in [5.41, 5.74) is 1.43. The highest BCUT2D eigenvalue weighted by Crippen LogP contribution is 2.48. The number of anilines is 1. The summed E-state index contributed by atoms with van der Waals surface area (Å²) in [6.07, 6.45) is 2.57. The Morgan fingerprint density at radius 3 is 2.64 bits per heavy atom. The lowest BCUT2D eigenvalue weighted by Gasteiger charge is -2.38. The first-order chi connectivity index (χ1) is 15.8. The standard InChI is InChI=1S/C23H29N5O4S/c1-13(22(29)28-18(10-24)7-16-8-20(16)28)11-26-12-19-9-21(26)23(30)27(19)14(2)15-3-5-17(6-4-15)25-33(31)32/h3-6,13-14,16,18-21,25H,7-9,11-12H2,1-2H3,(H,31,32)/p-1/t13-,14+,16+,18-,19-,20?,21-/m0/s1. The first-order valence-electron chi connectivity index (χ1n) is 11.5. The highest BCUT2D eigenvalue weighted by atomic mass is 32.2. The van der Waals surface area contributed by atoms with Gasteiger partial charge in [0.15, 0.2) is 0 Å². The van der Waals surface area contributed by atoms with E-state index in [2.05, 4.69) is 15.7 Å². The van der Waals surface area contributed by atoms with Crippen molar-refractivity contribution in [3.63, 3.8) is 0 Å². The largest absolute Gasteiger partial charge is 0.755 e. The number of nitrogens with one attached hydrogen (secondary N) is 1. The zero-order chi connectivity index (χ0) is 23.4. The lowest BCUT2D eigenvalue weighted by Crippen LogP contribution is -2.53. The van der Waals surface area contributed by atoms with Crippen LogP contribution in [0.3, 0.4) is 0 Å². The van der Waals surface area contributed by atoms with Crippen LogP contribution in [0.5, 0.6) is 0 Å². The van der Waals surface area contributed by atoms with E-state index in [1.54, 1.807) is 17.0 Å². The SMILES string of the molecule is C[C@H](c1ccc(NS(=O)[O-])cc1)N1C(=O)[C@@H]2C[C@H]1CN2C[C@H](C)C(=O)N1C2C[C@H]2C[C@H]1C#N. The fourth-order valence-corrected chi connectivity index (χ4v) is 6.39. The van der Waals surface area contributed by atoms with Crippen LogP contribution in [0.4, 0.5) is 5.69 Å². The lowest BCUT2D eigenvalue weighted by molar-refractivity contribution is -0.142. The molecule has 1 aromatic rings. The van der Waals surface area contributed by atoms with E-state index in [-0.39, 0.29) is 47.9 Å². The van der Waals surface area contributed by atoms with Crippen LogP contribution in [0.1, 0.15) is 44.7 Å². The van der Waals surface area contributed by atoms with Gasteiger partial charge in [-0.3, -0.25) is 18.7 Å². The molecule has 4 fully saturated rings. The zero-order valence-corrected chi connectivity index (χ0v) is 19.5. The Morgan fingerprint density at radius 1 is 1.27 bits per heavy atom. The Kier molecular flexibility index (Phi) is 5.67. The van der Waals surface area contributed by atoms with Crippen LogP contribution in [-0.2, 0) is 20.9 Å². The Morgan fingerprint density at radius 2 is 2.00 bits per heavy atom. The minimum atomic E-state index is -2.37. The molecule has 0 radical (unpaired) electrons. The van der Waals surface area contributed by atoms with E-state index in [1.807, 2.05) is 30.9 Å². The topological polar surface area (TPSA) is 120 Å². The number of fused-ring (bicyclic) bond motifs is 3. The van der Waals surface area contributed by atoms with Crippen molar-refractivity contribution >= 4 is 28.8 Å². The van der Waals surface area contributed by atoms with Crippen molar-refractivity contribution in [3.05, 3.63) is 29.8 Å². The van der Waals surface area contributed by atoms with Gasteiger partial charge in [-0.15, -0.1) is 0 Å². The van der Waals surface area contributed by atoms with E-state index in [4.69, 9.17) is 0 Å². The molecule has 1 aromatic carbocycles. The van der Waals surface area contributed by atoms with E-state index >= 15 is 0 Å². The molecule has 2 bridgehead atoms. The molecule has 1 saturated carbocycles. The predicted molar refractivity (Wildman–Crippen MR) is 120 cm³/mol. The fraction of sp³-hybridized carbons (Fsp3) is 0.609. The van der Waals surface area contributed by atoms with E-state index in [0.29, 0.717) is 18.2 Å². The van der Waals surface area contributed by atoms with Crippen LogP contribution in [0.15, 0.2) is 24.3 Å². The number of hydrogen-bond donors (Lipinski definition) is 1. The van der Waals surface area contributed by atoms with Crippen LogP contribution in [0.25, 0.3) is 0 Å². The summed E-state index contributed by atoms with van der Waals surface area (Å²) in [7, 11) is 0. The van der Waals surface area contributed by atoms with Crippen LogP contribution in [0.2, 0.25) is 0 Å². The van der Waals surface area contributed by atoms with Gasteiger partial charge in [-0.2, -0.15) is 5.26 Å². The maximum atomic E-state index is 13.2. The van der Waals surface area contributed by atoms with Gasteiger partial charge in [0.25, 0.3) is 0 Å². The monoisotopic (exact) mass is 470 g/mol. The molecule has 10 heteroatoms. The second kappa shape index (κ2) is 8.38. The van der Waals surface area contributed by atoms with Crippen LogP contribution in [-0.4, -0.2) is 72.5 Å².